The summed E-state index contributed by atoms with van der Waals surface area (Å²) in [5, 5.41) is 0. The molecule has 0 aliphatic rings. The summed E-state index contributed by atoms with van der Waals surface area (Å²) in [4.78, 5) is 16.9. The van der Waals surface area contributed by atoms with E-state index in [0.717, 1.165) is 16.8 Å². The van der Waals surface area contributed by atoms with Crippen molar-refractivity contribution in [2.75, 3.05) is 0 Å². The van der Waals surface area contributed by atoms with Gasteiger partial charge in [-0.3, -0.25) is 14.5 Å². The largest absolute Gasteiger partial charge is 0.285 e. The molecule has 3 aromatic rings. The van der Waals surface area contributed by atoms with Crippen LogP contribution in [0.5, 0.6) is 0 Å². The minimum atomic E-state index is -3.67. The number of benzene rings is 1. The second-order valence-corrected chi connectivity index (χ2v) is 8.74. The van der Waals surface area contributed by atoms with Crippen molar-refractivity contribution in [3.05, 3.63) is 76.0 Å². The van der Waals surface area contributed by atoms with Gasteiger partial charge in [-0.15, -0.1) is 0 Å². The van der Waals surface area contributed by atoms with Crippen LogP contribution in [-0.4, -0.2) is 22.8 Å². The second kappa shape index (κ2) is 7.73. The molecule has 1 N–H and O–H groups in total. The van der Waals surface area contributed by atoms with Crippen LogP contribution in [0.3, 0.4) is 0 Å². The normalized spacial score (nSPS) is 11.9. The van der Waals surface area contributed by atoms with E-state index in [9.17, 15) is 13.2 Å². The molecule has 7 nitrogen and oxygen atoms in total. The van der Waals surface area contributed by atoms with Crippen molar-refractivity contribution >= 4 is 10.0 Å². The third-order valence-corrected chi connectivity index (χ3v) is 6.17. The van der Waals surface area contributed by atoms with Crippen molar-refractivity contribution in [1.82, 2.24) is 19.1 Å². The van der Waals surface area contributed by atoms with Crippen molar-refractivity contribution in [2.24, 2.45) is 7.05 Å². The lowest BCUT2D eigenvalue weighted by molar-refractivity contribution is 0.581. The Balaban J connectivity index is 1.88. The zero-order valence-corrected chi connectivity index (χ0v) is 17.2. The number of aromatic nitrogens is 3. The molecule has 1 aromatic carbocycles. The first-order valence-corrected chi connectivity index (χ1v) is 10.5. The van der Waals surface area contributed by atoms with Gasteiger partial charge in [0.2, 0.25) is 10.0 Å². The van der Waals surface area contributed by atoms with Crippen molar-refractivity contribution in [3.8, 4) is 5.69 Å². The lowest BCUT2D eigenvalue weighted by Gasteiger charge is -2.10. The molecule has 0 spiro atoms. The molecule has 0 bridgehead atoms. The summed E-state index contributed by atoms with van der Waals surface area (Å²) in [6.45, 7) is 6.04. The lowest BCUT2D eigenvalue weighted by Crippen LogP contribution is -2.24. The van der Waals surface area contributed by atoms with E-state index in [1.54, 1.807) is 46.0 Å². The number of hydrogen-bond donors (Lipinski definition) is 1. The van der Waals surface area contributed by atoms with E-state index >= 15 is 0 Å². The maximum absolute atomic E-state index is 12.8. The van der Waals surface area contributed by atoms with Gasteiger partial charge >= 0.3 is 0 Å². The average molecular weight is 401 g/mol. The van der Waals surface area contributed by atoms with Gasteiger partial charge in [-0.05, 0) is 48.7 Å². The summed E-state index contributed by atoms with van der Waals surface area (Å²) in [6, 6.07) is 9.85. The molecule has 0 fully saturated rings. The van der Waals surface area contributed by atoms with Crippen molar-refractivity contribution in [1.29, 1.82) is 0 Å². The van der Waals surface area contributed by atoms with E-state index in [0.29, 0.717) is 5.69 Å². The van der Waals surface area contributed by atoms with Crippen molar-refractivity contribution in [3.63, 3.8) is 0 Å². The van der Waals surface area contributed by atoms with Crippen LogP contribution in [0.15, 0.2) is 58.5 Å². The standard InChI is InChI=1S/C20H24N4O3S/c1-14(2)19-15(3)23(4)24(20(19)25)17-7-9-18(10-8-17)28(26,27)22-13-16-6-5-11-21-12-16/h5-12,14,22H,13H2,1-4H3. The monoisotopic (exact) mass is 400 g/mol. The Kier molecular flexibility index (Phi) is 5.53. The smallest absolute Gasteiger partial charge is 0.275 e. The number of nitrogens with zero attached hydrogens (tertiary/aromatic N) is 3. The number of hydrogen-bond acceptors (Lipinski definition) is 4. The molecular weight excluding hydrogens is 376 g/mol. The Labute approximate surface area is 164 Å². The van der Waals surface area contributed by atoms with Crippen LogP contribution >= 0.6 is 0 Å². The van der Waals surface area contributed by atoms with E-state index in [1.807, 2.05) is 27.8 Å². The Morgan fingerprint density at radius 2 is 1.82 bits per heavy atom. The average Bonchev–Trinajstić information content (AvgIpc) is 2.90. The van der Waals surface area contributed by atoms with Crippen LogP contribution in [0.2, 0.25) is 0 Å². The van der Waals surface area contributed by atoms with Crippen LogP contribution in [0.4, 0.5) is 0 Å². The van der Waals surface area contributed by atoms with Gasteiger partial charge in [0, 0.05) is 37.2 Å². The molecule has 0 unspecified atom stereocenters. The first-order chi connectivity index (χ1) is 13.2. The van der Waals surface area contributed by atoms with E-state index in [1.165, 1.54) is 12.1 Å². The summed E-state index contributed by atoms with van der Waals surface area (Å²) in [5.74, 6) is 0.108. The molecule has 2 aromatic heterocycles. The molecule has 0 atom stereocenters. The molecule has 0 aliphatic heterocycles. The predicted molar refractivity (Wildman–Crippen MR) is 108 cm³/mol. The fourth-order valence-electron chi connectivity index (χ4n) is 3.22. The van der Waals surface area contributed by atoms with Gasteiger partial charge in [-0.1, -0.05) is 19.9 Å². The van der Waals surface area contributed by atoms with Crippen LogP contribution in [-0.2, 0) is 23.6 Å². The maximum atomic E-state index is 12.8. The highest BCUT2D eigenvalue weighted by Gasteiger charge is 2.19. The fraction of sp³-hybridized carbons (Fsp3) is 0.300. The summed E-state index contributed by atoms with van der Waals surface area (Å²) in [5.41, 5.74) is 2.97. The third-order valence-electron chi connectivity index (χ3n) is 4.76. The van der Waals surface area contributed by atoms with E-state index < -0.39 is 10.0 Å². The zero-order chi connectivity index (χ0) is 20.5. The van der Waals surface area contributed by atoms with Gasteiger partial charge in [0.05, 0.1) is 10.6 Å². The number of rotatable bonds is 6. The van der Waals surface area contributed by atoms with Gasteiger partial charge in [0.15, 0.2) is 0 Å². The molecule has 0 saturated carbocycles. The molecule has 2 heterocycles. The topological polar surface area (TPSA) is 86.0 Å². The first-order valence-electron chi connectivity index (χ1n) is 9.00. The lowest BCUT2D eigenvalue weighted by atomic mass is 10.0. The molecule has 0 radical (unpaired) electrons. The maximum Gasteiger partial charge on any atom is 0.275 e. The third kappa shape index (κ3) is 3.79. The fourth-order valence-corrected chi connectivity index (χ4v) is 4.23. The SMILES string of the molecule is Cc1c(C(C)C)c(=O)n(-c2ccc(S(=O)(=O)NCc3cccnc3)cc2)n1C. The molecule has 148 valence electrons. The van der Waals surface area contributed by atoms with Crippen LogP contribution in [0.25, 0.3) is 5.69 Å². The number of pyridine rings is 1. The van der Waals surface area contributed by atoms with Gasteiger partial charge in [0.1, 0.15) is 0 Å². The second-order valence-electron chi connectivity index (χ2n) is 6.97. The zero-order valence-electron chi connectivity index (χ0n) is 16.4. The highest BCUT2D eigenvalue weighted by Crippen LogP contribution is 2.19. The Morgan fingerprint density at radius 1 is 1.14 bits per heavy atom. The van der Waals surface area contributed by atoms with Gasteiger partial charge in [-0.25, -0.2) is 17.8 Å². The minimum Gasteiger partial charge on any atom is -0.285 e. The number of nitrogens with one attached hydrogen (secondary N) is 1. The summed E-state index contributed by atoms with van der Waals surface area (Å²) >= 11 is 0. The van der Waals surface area contributed by atoms with E-state index in [-0.39, 0.29) is 22.9 Å². The Morgan fingerprint density at radius 3 is 2.36 bits per heavy atom. The highest BCUT2D eigenvalue weighted by atomic mass is 32.2. The van der Waals surface area contributed by atoms with Crippen LogP contribution in [0, 0.1) is 6.92 Å². The van der Waals surface area contributed by atoms with Gasteiger partial charge < -0.3 is 0 Å². The minimum absolute atomic E-state index is 0.0830. The number of sulfonamides is 1. The molecule has 8 heteroatoms. The molecule has 0 amide bonds. The molecule has 0 saturated heterocycles. The summed E-state index contributed by atoms with van der Waals surface area (Å²) in [7, 11) is -1.84. The van der Waals surface area contributed by atoms with Gasteiger partial charge in [-0.2, -0.15) is 0 Å². The van der Waals surface area contributed by atoms with E-state index in [2.05, 4.69) is 9.71 Å². The van der Waals surface area contributed by atoms with E-state index in [4.69, 9.17) is 0 Å². The Bertz CT molecular complexity index is 1130. The molecule has 28 heavy (non-hydrogen) atoms. The quantitative estimate of drug-likeness (QED) is 0.689. The van der Waals surface area contributed by atoms with Crippen molar-refractivity contribution in [2.45, 2.75) is 38.1 Å². The predicted octanol–water partition coefficient (Wildman–Crippen LogP) is 2.48. The summed E-state index contributed by atoms with van der Waals surface area (Å²) < 4.78 is 31.0. The first kappa shape index (κ1) is 20.0. The molecule has 0 aliphatic carbocycles. The van der Waals surface area contributed by atoms with Crippen LogP contribution < -0.4 is 10.3 Å². The van der Waals surface area contributed by atoms with Gasteiger partial charge in [0.25, 0.3) is 5.56 Å². The molecule has 3 rings (SSSR count). The Hall–Kier alpha value is -2.71. The highest BCUT2D eigenvalue weighted by molar-refractivity contribution is 7.89. The molecular formula is C20H24N4O3S. The van der Waals surface area contributed by atoms with Crippen molar-refractivity contribution < 1.29 is 8.42 Å². The van der Waals surface area contributed by atoms with Crippen LogP contribution in [0.1, 0.15) is 36.6 Å². The summed E-state index contributed by atoms with van der Waals surface area (Å²) in [6.07, 6.45) is 3.25.